The number of halogens is 1. The molecule has 0 aliphatic heterocycles. The molecule has 112 valence electrons. The predicted octanol–water partition coefficient (Wildman–Crippen LogP) is 3.47. The number of aryl methyl sites for hydroxylation is 1. The lowest BCUT2D eigenvalue weighted by molar-refractivity contribution is 0.476. The molecule has 0 aliphatic carbocycles. The summed E-state index contributed by atoms with van der Waals surface area (Å²) in [6.07, 6.45) is 1.29. The molecule has 2 aromatic carbocycles. The second kappa shape index (κ2) is 5.66. The lowest BCUT2D eigenvalue weighted by atomic mass is 10.2. The van der Waals surface area contributed by atoms with E-state index in [0.717, 1.165) is 10.0 Å². The first kappa shape index (κ1) is 14.9. The van der Waals surface area contributed by atoms with E-state index in [1.165, 1.54) is 18.3 Å². The van der Waals surface area contributed by atoms with Crippen LogP contribution in [0.25, 0.3) is 11.0 Å². The van der Waals surface area contributed by atoms with Crippen LogP contribution in [-0.2, 0) is 10.1 Å². The summed E-state index contributed by atoms with van der Waals surface area (Å²) in [6.45, 7) is 1.88. The van der Waals surface area contributed by atoms with Crippen LogP contribution in [0.3, 0.4) is 0 Å². The molecule has 0 unspecified atom stereocenters. The Labute approximate surface area is 136 Å². The molecular formula is C15H11BrN2O3S. The summed E-state index contributed by atoms with van der Waals surface area (Å²) in [7, 11) is -3.92. The van der Waals surface area contributed by atoms with Crippen molar-refractivity contribution in [1.29, 1.82) is 0 Å². The number of hydrogen-bond acceptors (Lipinski definition) is 5. The number of aromatic nitrogens is 2. The monoisotopic (exact) mass is 378 g/mol. The summed E-state index contributed by atoms with van der Waals surface area (Å²) in [6, 6.07) is 11.8. The Morgan fingerprint density at radius 3 is 2.50 bits per heavy atom. The Bertz CT molecular complexity index is 941. The molecule has 0 bridgehead atoms. The van der Waals surface area contributed by atoms with Gasteiger partial charge in [-0.15, -0.1) is 0 Å². The van der Waals surface area contributed by atoms with Crippen molar-refractivity contribution < 1.29 is 12.6 Å². The Balaban J connectivity index is 1.96. The van der Waals surface area contributed by atoms with Crippen LogP contribution < -0.4 is 4.18 Å². The molecule has 0 fully saturated rings. The molecule has 7 heteroatoms. The second-order valence-corrected chi connectivity index (χ2v) is 7.15. The molecule has 3 aromatic rings. The molecule has 22 heavy (non-hydrogen) atoms. The third-order valence-corrected chi connectivity index (χ3v) is 4.72. The fourth-order valence-electron chi connectivity index (χ4n) is 1.87. The molecule has 0 aliphatic rings. The van der Waals surface area contributed by atoms with Crippen molar-refractivity contribution in [1.82, 2.24) is 9.97 Å². The molecule has 0 amide bonds. The first-order valence-electron chi connectivity index (χ1n) is 6.37. The van der Waals surface area contributed by atoms with Gasteiger partial charge in [-0.2, -0.15) is 8.42 Å². The lowest BCUT2D eigenvalue weighted by Gasteiger charge is -2.07. The van der Waals surface area contributed by atoms with E-state index in [9.17, 15) is 8.42 Å². The Morgan fingerprint density at radius 2 is 1.77 bits per heavy atom. The van der Waals surface area contributed by atoms with E-state index in [4.69, 9.17) is 4.18 Å². The molecule has 0 saturated carbocycles. The average Bonchev–Trinajstić information content (AvgIpc) is 2.47. The molecule has 0 radical (unpaired) electrons. The molecule has 5 nitrogen and oxygen atoms in total. The van der Waals surface area contributed by atoms with Crippen LogP contribution in [0.15, 0.2) is 58.0 Å². The lowest BCUT2D eigenvalue weighted by Crippen LogP contribution is -2.10. The predicted molar refractivity (Wildman–Crippen MR) is 86.2 cm³/mol. The van der Waals surface area contributed by atoms with Crippen molar-refractivity contribution in [3.05, 3.63) is 58.7 Å². The number of nitrogens with zero attached hydrogens (tertiary/aromatic N) is 2. The third kappa shape index (κ3) is 3.10. The van der Waals surface area contributed by atoms with Crippen molar-refractivity contribution >= 4 is 37.1 Å². The van der Waals surface area contributed by atoms with Gasteiger partial charge in [0.15, 0.2) is 0 Å². The van der Waals surface area contributed by atoms with Gasteiger partial charge in [-0.3, -0.25) is 0 Å². The number of fused-ring (bicyclic) bond motifs is 1. The van der Waals surface area contributed by atoms with Crippen LogP contribution in [0.2, 0.25) is 0 Å². The molecule has 0 atom stereocenters. The third-order valence-electron chi connectivity index (χ3n) is 2.99. The summed E-state index contributed by atoms with van der Waals surface area (Å²) < 4.78 is 30.3. The fraction of sp³-hybridized carbons (Fsp3) is 0.0667. The maximum absolute atomic E-state index is 12.2. The highest BCUT2D eigenvalue weighted by atomic mass is 79.9. The number of rotatable bonds is 3. The van der Waals surface area contributed by atoms with Gasteiger partial charge in [0.05, 0.1) is 17.2 Å². The van der Waals surface area contributed by atoms with E-state index in [1.807, 2.05) is 13.0 Å². The van der Waals surface area contributed by atoms with E-state index in [0.29, 0.717) is 11.0 Å². The Morgan fingerprint density at radius 1 is 1.05 bits per heavy atom. The first-order chi connectivity index (χ1) is 10.4. The topological polar surface area (TPSA) is 69.2 Å². The molecule has 0 N–H and O–H groups in total. The quantitative estimate of drug-likeness (QED) is 0.652. The molecule has 1 heterocycles. The molecule has 1 aromatic heterocycles. The van der Waals surface area contributed by atoms with Crippen LogP contribution in [0.4, 0.5) is 0 Å². The van der Waals surface area contributed by atoms with E-state index >= 15 is 0 Å². The summed E-state index contributed by atoms with van der Waals surface area (Å²) in [5, 5.41) is 0. The van der Waals surface area contributed by atoms with Gasteiger partial charge >= 0.3 is 10.1 Å². The number of hydrogen-bond donors (Lipinski definition) is 0. The maximum Gasteiger partial charge on any atom is 0.340 e. The van der Waals surface area contributed by atoms with Gasteiger partial charge in [0.2, 0.25) is 0 Å². The molecular weight excluding hydrogens is 368 g/mol. The summed E-state index contributed by atoms with van der Waals surface area (Å²) in [4.78, 5) is 8.39. The second-order valence-electron chi connectivity index (χ2n) is 4.69. The molecule has 0 spiro atoms. The van der Waals surface area contributed by atoms with Gasteiger partial charge in [-0.1, -0.05) is 33.6 Å². The van der Waals surface area contributed by atoms with Crippen molar-refractivity contribution in [2.24, 2.45) is 0 Å². The Hall–Kier alpha value is -1.99. The van der Waals surface area contributed by atoms with Gasteiger partial charge in [-0.05, 0) is 37.3 Å². The van der Waals surface area contributed by atoms with Crippen LogP contribution >= 0.6 is 15.9 Å². The highest BCUT2D eigenvalue weighted by Gasteiger charge is 2.17. The average molecular weight is 379 g/mol. The minimum atomic E-state index is -3.92. The fourth-order valence-corrected chi connectivity index (χ4v) is 3.09. The van der Waals surface area contributed by atoms with Crippen molar-refractivity contribution in [2.45, 2.75) is 11.8 Å². The van der Waals surface area contributed by atoms with Crippen LogP contribution in [0.1, 0.15) is 5.56 Å². The maximum atomic E-state index is 12.2. The first-order valence-corrected chi connectivity index (χ1v) is 8.58. The van der Waals surface area contributed by atoms with Crippen molar-refractivity contribution in [3.8, 4) is 5.88 Å². The minimum Gasteiger partial charge on any atom is -0.356 e. The summed E-state index contributed by atoms with van der Waals surface area (Å²) in [5.74, 6) is -0.0637. The van der Waals surface area contributed by atoms with Crippen LogP contribution in [-0.4, -0.2) is 18.4 Å². The number of benzene rings is 2. The van der Waals surface area contributed by atoms with Gasteiger partial charge in [0.1, 0.15) is 4.90 Å². The normalized spacial score (nSPS) is 11.5. The molecule has 0 saturated heterocycles. The Kier molecular flexibility index (Phi) is 3.84. The van der Waals surface area contributed by atoms with Gasteiger partial charge in [-0.25, -0.2) is 9.97 Å². The van der Waals surface area contributed by atoms with Gasteiger partial charge in [0, 0.05) is 4.47 Å². The minimum absolute atomic E-state index is 0.0637. The SMILES string of the molecule is Cc1ccc(S(=O)(=O)Oc2cnc3ccc(Br)cc3n2)cc1. The zero-order valence-electron chi connectivity index (χ0n) is 11.5. The summed E-state index contributed by atoms with van der Waals surface area (Å²) in [5.41, 5.74) is 2.17. The van der Waals surface area contributed by atoms with E-state index in [-0.39, 0.29) is 10.8 Å². The van der Waals surface area contributed by atoms with Crippen LogP contribution in [0.5, 0.6) is 5.88 Å². The van der Waals surface area contributed by atoms with Gasteiger partial charge in [0.25, 0.3) is 5.88 Å². The van der Waals surface area contributed by atoms with E-state index < -0.39 is 10.1 Å². The van der Waals surface area contributed by atoms with E-state index in [1.54, 1.807) is 24.3 Å². The van der Waals surface area contributed by atoms with Crippen molar-refractivity contribution in [2.75, 3.05) is 0 Å². The van der Waals surface area contributed by atoms with Gasteiger partial charge < -0.3 is 4.18 Å². The zero-order valence-corrected chi connectivity index (χ0v) is 13.9. The summed E-state index contributed by atoms with van der Waals surface area (Å²) >= 11 is 3.34. The standard InChI is InChI=1S/C15H11BrN2O3S/c1-10-2-5-12(6-3-10)22(19,20)21-15-9-17-13-7-4-11(16)8-14(13)18-15/h2-9H,1H3. The largest absolute Gasteiger partial charge is 0.356 e. The van der Waals surface area contributed by atoms with E-state index in [2.05, 4.69) is 25.9 Å². The highest BCUT2D eigenvalue weighted by Crippen LogP contribution is 2.21. The smallest absolute Gasteiger partial charge is 0.340 e. The van der Waals surface area contributed by atoms with Crippen LogP contribution in [0, 0.1) is 6.92 Å². The van der Waals surface area contributed by atoms with Crippen molar-refractivity contribution in [3.63, 3.8) is 0 Å². The highest BCUT2D eigenvalue weighted by molar-refractivity contribution is 9.10. The zero-order chi connectivity index (χ0) is 15.7. The molecule has 3 rings (SSSR count).